The van der Waals surface area contributed by atoms with Crippen LogP contribution in [0.1, 0.15) is 16.7 Å². The number of benzene rings is 3. The summed E-state index contributed by atoms with van der Waals surface area (Å²) in [5, 5.41) is 4.12. The topological polar surface area (TPSA) is 73.8 Å². The number of amides is 3. The molecule has 0 spiro atoms. The number of anilines is 2. The fourth-order valence-corrected chi connectivity index (χ4v) is 3.89. The number of likely N-dealkylation sites (N-methyl/N-ethyl adjacent to an activating group) is 1. The number of hydrogen-bond acceptors (Lipinski definition) is 3. The summed E-state index contributed by atoms with van der Waals surface area (Å²) < 4.78 is 53.4. The summed E-state index contributed by atoms with van der Waals surface area (Å²) in [5.74, 6) is -1.18. The zero-order chi connectivity index (χ0) is 25.3. The van der Waals surface area contributed by atoms with Crippen LogP contribution in [-0.2, 0) is 11.0 Å². The molecule has 3 aromatic carbocycles. The van der Waals surface area contributed by atoms with E-state index in [1.54, 1.807) is 30.3 Å². The molecule has 0 saturated carbocycles. The van der Waals surface area contributed by atoms with Gasteiger partial charge in [0.2, 0.25) is 6.17 Å². The predicted molar refractivity (Wildman–Crippen MR) is 124 cm³/mol. The fraction of sp³-hybridized carbons (Fsp3) is 0.125. The summed E-state index contributed by atoms with van der Waals surface area (Å²) in [6.45, 7) is 0. The van der Waals surface area contributed by atoms with Crippen molar-refractivity contribution in [2.75, 3.05) is 17.3 Å². The minimum atomic E-state index is -4.65. The van der Waals surface area contributed by atoms with Crippen molar-refractivity contribution in [1.82, 2.24) is 5.32 Å². The molecular weight excluding hydrogens is 488 g/mol. The minimum absolute atomic E-state index is 0.0310. The van der Waals surface area contributed by atoms with E-state index in [0.29, 0.717) is 11.3 Å². The van der Waals surface area contributed by atoms with Gasteiger partial charge in [0, 0.05) is 23.9 Å². The summed E-state index contributed by atoms with van der Waals surface area (Å²) in [7, 11) is 1.49. The zero-order valence-corrected chi connectivity index (χ0v) is 18.8. The highest BCUT2D eigenvalue weighted by Gasteiger charge is 2.34. The summed E-state index contributed by atoms with van der Waals surface area (Å²) in [4.78, 5) is 31.4. The van der Waals surface area contributed by atoms with E-state index in [2.05, 4.69) is 15.6 Å². The molecule has 180 valence electrons. The van der Waals surface area contributed by atoms with Gasteiger partial charge >= 0.3 is 12.2 Å². The lowest BCUT2D eigenvalue weighted by atomic mass is 10.00. The average Bonchev–Trinajstić information content (AvgIpc) is 2.89. The van der Waals surface area contributed by atoms with Gasteiger partial charge in [-0.3, -0.25) is 4.79 Å². The van der Waals surface area contributed by atoms with Crippen LogP contribution in [0.15, 0.2) is 71.7 Å². The van der Waals surface area contributed by atoms with Gasteiger partial charge in [-0.2, -0.15) is 13.2 Å². The van der Waals surface area contributed by atoms with Gasteiger partial charge in [-0.15, -0.1) is 0 Å². The van der Waals surface area contributed by atoms with Crippen LogP contribution < -0.4 is 15.5 Å². The largest absolute Gasteiger partial charge is 0.417 e. The number of fused-ring (bicyclic) bond motifs is 1. The maximum atomic E-state index is 14.7. The van der Waals surface area contributed by atoms with Crippen LogP contribution >= 0.6 is 11.6 Å². The molecule has 1 unspecified atom stereocenters. The van der Waals surface area contributed by atoms with E-state index in [1.807, 2.05) is 0 Å². The Morgan fingerprint density at radius 3 is 2.34 bits per heavy atom. The van der Waals surface area contributed by atoms with E-state index in [4.69, 9.17) is 11.6 Å². The van der Waals surface area contributed by atoms with Crippen molar-refractivity contribution in [3.8, 4) is 0 Å². The molecule has 0 radical (unpaired) electrons. The van der Waals surface area contributed by atoms with Gasteiger partial charge in [0.25, 0.3) is 5.91 Å². The molecule has 1 atom stereocenters. The van der Waals surface area contributed by atoms with Crippen LogP contribution in [0.4, 0.5) is 33.7 Å². The number of urea groups is 1. The first-order valence-corrected chi connectivity index (χ1v) is 10.6. The van der Waals surface area contributed by atoms with Crippen molar-refractivity contribution in [1.29, 1.82) is 0 Å². The standard InChI is InChI=1S/C24H17ClF4N4O2/c1-33-19-9-5-3-7-15(19)20(14-6-2-4-8-18(14)26)31-21(22(33)34)32-23(35)30-13-10-11-16(17(25)12-13)24(27,28)29/h2-12,21H,1H3,(H2,30,32,35). The molecule has 2 N–H and O–H groups in total. The summed E-state index contributed by atoms with van der Waals surface area (Å²) in [5.41, 5.74) is 0.134. The third kappa shape index (κ3) is 4.97. The lowest BCUT2D eigenvalue weighted by molar-refractivity contribution is -0.137. The van der Waals surface area contributed by atoms with Gasteiger partial charge in [0.15, 0.2) is 0 Å². The highest BCUT2D eigenvalue weighted by molar-refractivity contribution is 6.31. The average molecular weight is 505 g/mol. The second-order valence-electron chi connectivity index (χ2n) is 7.57. The van der Waals surface area contributed by atoms with Crippen LogP contribution in [0, 0.1) is 5.82 Å². The van der Waals surface area contributed by atoms with Gasteiger partial charge in [0.05, 0.1) is 22.0 Å². The Bertz CT molecular complexity index is 1340. The van der Waals surface area contributed by atoms with Crippen LogP contribution in [0.5, 0.6) is 0 Å². The third-order valence-electron chi connectivity index (χ3n) is 5.27. The molecule has 4 rings (SSSR count). The monoisotopic (exact) mass is 504 g/mol. The van der Waals surface area contributed by atoms with E-state index in [0.717, 1.165) is 18.2 Å². The molecule has 1 aliphatic rings. The minimum Gasteiger partial charge on any atom is -0.311 e. The smallest absolute Gasteiger partial charge is 0.311 e. The first-order chi connectivity index (χ1) is 16.6. The number of halogens is 5. The van der Waals surface area contributed by atoms with Crippen molar-refractivity contribution < 1.29 is 27.2 Å². The van der Waals surface area contributed by atoms with Crippen molar-refractivity contribution in [3.63, 3.8) is 0 Å². The van der Waals surface area contributed by atoms with E-state index in [-0.39, 0.29) is 17.0 Å². The molecule has 6 nitrogen and oxygen atoms in total. The Hall–Kier alpha value is -3.92. The summed E-state index contributed by atoms with van der Waals surface area (Å²) >= 11 is 5.70. The van der Waals surface area contributed by atoms with Crippen LogP contribution in [0.25, 0.3) is 0 Å². The van der Waals surface area contributed by atoms with E-state index in [9.17, 15) is 27.2 Å². The molecule has 3 amide bonds. The molecule has 11 heteroatoms. The Morgan fingerprint density at radius 1 is 1.03 bits per heavy atom. The highest BCUT2D eigenvalue weighted by atomic mass is 35.5. The Balaban J connectivity index is 1.66. The Kier molecular flexibility index (Phi) is 6.49. The van der Waals surface area contributed by atoms with Crippen LogP contribution in [0.2, 0.25) is 5.02 Å². The number of para-hydroxylation sites is 1. The molecule has 1 heterocycles. The number of nitrogens with one attached hydrogen (secondary N) is 2. The Morgan fingerprint density at radius 2 is 1.69 bits per heavy atom. The van der Waals surface area contributed by atoms with Gasteiger partial charge < -0.3 is 15.5 Å². The van der Waals surface area contributed by atoms with Gasteiger partial charge in [-0.25, -0.2) is 14.2 Å². The maximum absolute atomic E-state index is 14.7. The first kappa shape index (κ1) is 24.2. The molecule has 0 aliphatic carbocycles. The molecule has 1 aliphatic heterocycles. The number of alkyl halides is 3. The number of benzodiazepines with no additional fused rings is 1. The van der Waals surface area contributed by atoms with E-state index < -0.39 is 40.7 Å². The normalized spacial score (nSPS) is 15.7. The van der Waals surface area contributed by atoms with E-state index in [1.165, 1.54) is 30.1 Å². The van der Waals surface area contributed by atoms with E-state index >= 15 is 0 Å². The van der Waals surface area contributed by atoms with Gasteiger partial charge in [0.1, 0.15) is 5.82 Å². The quantitative estimate of drug-likeness (QED) is 0.465. The second kappa shape index (κ2) is 9.38. The Labute approximate surface area is 202 Å². The molecular formula is C24H17ClF4N4O2. The number of rotatable bonds is 3. The third-order valence-corrected chi connectivity index (χ3v) is 5.59. The molecule has 0 saturated heterocycles. The van der Waals surface area contributed by atoms with Gasteiger partial charge in [-0.05, 0) is 36.4 Å². The zero-order valence-electron chi connectivity index (χ0n) is 18.0. The van der Waals surface area contributed by atoms with Crippen molar-refractivity contribution in [2.45, 2.75) is 12.3 Å². The molecule has 0 bridgehead atoms. The van der Waals surface area contributed by atoms with Crippen LogP contribution in [0.3, 0.4) is 0 Å². The number of carbonyl (C=O) groups is 2. The SMILES string of the molecule is CN1C(=O)C(NC(=O)Nc2ccc(C(F)(F)F)c(Cl)c2)N=C(c2ccccc2F)c2ccccc21. The summed E-state index contributed by atoms with van der Waals surface area (Å²) in [6.07, 6.45) is -6.10. The number of nitrogens with zero attached hydrogens (tertiary/aromatic N) is 2. The van der Waals surface area contributed by atoms with Crippen LogP contribution in [-0.4, -0.2) is 30.9 Å². The predicted octanol–water partition coefficient (Wildman–Crippen LogP) is 5.46. The molecule has 0 aromatic heterocycles. The fourth-order valence-electron chi connectivity index (χ4n) is 3.60. The van der Waals surface area contributed by atoms with Crippen molar-refractivity contribution >= 4 is 40.6 Å². The number of aliphatic imine (C=N–C) groups is 1. The number of carbonyl (C=O) groups excluding carboxylic acids is 2. The van der Waals surface area contributed by atoms with Crippen molar-refractivity contribution in [3.05, 3.63) is 94.3 Å². The second-order valence-corrected chi connectivity index (χ2v) is 7.97. The number of hydrogen-bond donors (Lipinski definition) is 2. The molecule has 3 aromatic rings. The maximum Gasteiger partial charge on any atom is 0.417 e. The molecule has 35 heavy (non-hydrogen) atoms. The van der Waals surface area contributed by atoms with Crippen molar-refractivity contribution in [2.24, 2.45) is 4.99 Å². The lowest BCUT2D eigenvalue weighted by Gasteiger charge is -2.21. The first-order valence-electron chi connectivity index (χ1n) is 10.2. The van der Waals surface area contributed by atoms with Gasteiger partial charge in [-0.1, -0.05) is 41.9 Å². The highest BCUT2D eigenvalue weighted by Crippen LogP contribution is 2.36. The summed E-state index contributed by atoms with van der Waals surface area (Å²) in [6, 6.07) is 14.4. The molecule has 0 fully saturated rings. The lowest BCUT2D eigenvalue weighted by Crippen LogP contribution is -2.47.